The zero-order valence-corrected chi connectivity index (χ0v) is 11.2. The molecule has 1 aromatic carbocycles. The lowest BCUT2D eigenvalue weighted by atomic mass is 10.1. The van der Waals surface area contributed by atoms with Gasteiger partial charge in [0.2, 0.25) is 5.91 Å². The fourth-order valence-corrected chi connectivity index (χ4v) is 2.23. The Kier molecular flexibility index (Phi) is 3.90. The predicted octanol–water partition coefficient (Wildman–Crippen LogP) is 2.32. The van der Waals surface area contributed by atoms with Crippen LogP contribution in [0.25, 0.3) is 0 Å². The second-order valence-electron chi connectivity index (χ2n) is 5.49. The first kappa shape index (κ1) is 12.9. The van der Waals surface area contributed by atoms with Gasteiger partial charge in [-0.3, -0.25) is 4.79 Å². The van der Waals surface area contributed by atoms with Gasteiger partial charge in [0.15, 0.2) is 0 Å². The summed E-state index contributed by atoms with van der Waals surface area (Å²) < 4.78 is 0. The summed E-state index contributed by atoms with van der Waals surface area (Å²) in [6, 6.07) is 7.75. The van der Waals surface area contributed by atoms with Gasteiger partial charge in [-0.05, 0) is 42.4 Å². The summed E-state index contributed by atoms with van der Waals surface area (Å²) >= 11 is 0. The van der Waals surface area contributed by atoms with E-state index >= 15 is 0 Å². The topological polar surface area (TPSA) is 46.3 Å². The zero-order chi connectivity index (χ0) is 13.1. The van der Waals surface area contributed by atoms with E-state index in [1.165, 1.54) is 12.0 Å². The van der Waals surface area contributed by atoms with Crippen LogP contribution in [0.3, 0.4) is 0 Å². The van der Waals surface area contributed by atoms with Gasteiger partial charge in [0.05, 0.1) is 0 Å². The van der Waals surface area contributed by atoms with Crippen LogP contribution in [0, 0.1) is 11.8 Å². The van der Waals surface area contributed by atoms with E-state index in [1.807, 2.05) is 36.2 Å². The van der Waals surface area contributed by atoms with Gasteiger partial charge in [-0.2, -0.15) is 0 Å². The van der Waals surface area contributed by atoms with E-state index in [-0.39, 0.29) is 5.91 Å². The van der Waals surface area contributed by atoms with Gasteiger partial charge in [-0.25, -0.2) is 0 Å². The van der Waals surface area contributed by atoms with Crippen LogP contribution in [0.4, 0.5) is 5.69 Å². The maximum absolute atomic E-state index is 12.0. The number of hydrogen-bond acceptors (Lipinski definition) is 2. The van der Waals surface area contributed by atoms with Crippen LogP contribution >= 0.6 is 0 Å². The first-order valence-corrected chi connectivity index (χ1v) is 6.64. The number of rotatable bonds is 5. The number of benzene rings is 1. The Morgan fingerprint density at radius 3 is 2.56 bits per heavy atom. The van der Waals surface area contributed by atoms with Crippen molar-refractivity contribution < 1.29 is 4.79 Å². The highest BCUT2D eigenvalue weighted by Gasteiger charge is 2.33. The lowest BCUT2D eigenvalue weighted by Crippen LogP contribution is -2.29. The van der Waals surface area contributed by atoms with Crippen LogP contribution in [-0.4, -0.2) is 24.4 Å². The van der Waals surface area contributed by atoms with Crippen molar-refractivity contribution in [3.63, 3.8) is 0 Å². The highest BCUT2D eigenvalue weighted by Crippen LogP contribution is 2.37. The lowest BCUT2D eigenvalue weighted by molar-refractivity contribution is -0.130. The molecule has 2 unspecified atom stereocenters. The maximum Gasteiger partial charge on any atom is 0.222 e. The van der Waals surface area contributed by atoms with Crippen molar-refractivity contribution in [2.24, 2.45) is 11.8 Å². The molecule has 3 nitrogen and oxygen atoms in total. The van der Waals surface area contributed by atoms with E-state index in [0.717, 1.165) is 30.5 Å². The maximum atomic E-state index is 12.0. The molecule has 1 saturated carbocycles. The minimum absolute atomic E-state index is 0.242. The zero-order valence-electron chi connectivity index (χ0n) is 11.2. The van der Waals surface area contributed by atoms with Crippen LogP contribution in [0.5, 0.6) is 0 Å². The highest BCUT2D eigenvalue weighted by atomic mass is 16.2. The van der Waals surface area contributed by atoms with Gasteiger partial charge >= 0.3 is 0 Å². The quantitative estimate of drug-likeness (QED) is 0.810. The Hall–Kier alpha value is -1.51. The highest BCUT2D eigenvalue weighted by molar-refractivity contribution is 5.76. The predicted molar refractivity (Wildman–Crippen MR) is 74.1 cm³/mol. The van der Waals surface area contributed by atoms with Crippen molar-refractivity contribution in [3.05, 3.63) is 29.8 Å². The Labute approximate surface area is 109 Å². The molecule has 0 heterocycles. The molecule has 0 aliphatic heterocycles. The molecule has 1 aliphatic carbocycles. The van der Waals surface area contributed by atoms with Gasteiger partial charge in [-0.1, -0.05) is 19.1 Å². The average molecular weight is 246 g/mol. The molecule has 0 bridgehead atoms. The minimum Gasteiger partial charge on any atom is -0.399 e. The Balaban J connectivity index is 1.75. The van der Waals surface area contributed by atoms with Crippen molar-refractivity contribution in [2.45, 2.75) is 26.2 Å². The van der Waals surface area contributed by atoms with Gasteiger partial charge < -0.3 is 10.6 Å². The van der Waals surface area contributed by atoms with Crippen molar-refractivity contribution in [2.75, 3.05) is 19.3 Å². The largest absolute Gasteiger partial charge is 0.399 e. The monoisotopic (exact) mass is 246 g/mol. The summed E-state index contributed by atoms with van der Waals surface area (Å²) in [5, 5.41) is 0. The minimum atomic E-state index is 0.242. The number of carbonyl (C=O) groups is 1. The Morgan fingerprint density at radius 2 is 2.00 bits per heavy atom. The molecule has 0 spiro atoms. The first-order valence-electron chi connectivity index (χ1n) is 6.64. The average Bonchev–Trinajstić information content (AvgIpc) is 3.03. The van der Waals surface area contributed by atoms with Crippen LogP contribution in [-0.2, 0) is 11.2 Å². The third-order valence-corrected chi connectivity index (χ3v) is 3.82. The van der Waals surface area contributed by atoms with Crippen LogP contribution < -0.4 is 5.73 Å². The number of hydrogen-bond donors (Lipinski definition) is 1. The van der Waals surface area contributed by atoms with E-state index in [4.69, 9.17) is 5.73 Å². The molecule has 1 aliphatic rings. The smallest absolute Gasteiger partial charge is 0.222 e. The summed E-state index contributed by atoms with van der Waals surface area (Å²) in [6.07, 6.45) is 2.65. The number of nitrogens with two attached hydrogens (primary N) is 1. The van der Waals surface area contributed by atoms with Crippen LogP contribution in [0.1, 0.15) is 25.3 Å². The van der Waals surface area contributed by atoms with Gasteiger partial charge in [-0.15, -0.1) is 0 Å². The number of amides is 1. The molecule has 0 radical (unpaired) electrons. The van der Waals surface area contributed by atoms with Crippen molar-refractivity contribution in [1.82, 2.24) is 4.90 Å². The van der Waals surface area contributed by atoms with Gasteiger partial charge in [0.25, 0.3) is 0 Å². The molecule has 1 aromatic rings. The third-order valence-electron chi connectivity index (χ3n) is 3.82. The van der Waals surface area contributed by atoms with Gasteiger partial charge in [0.1, 0.15) is 0 Å². The van der Waals surface area contributed by atoms with Crippen molar-refractivity contribution in [1.29, 1.82) is 0 Å². The van der Waals surface area contributed by atoms with E-state index in [0.29, 0.717) is 6.42 Å². The summed E-state index contributed by atoms with van der Waals surface area (Å²) in [7, 11) is 1.91. The number of nitrogens with zero attached hydrogens (tertiary/aromatic N) is 1. The van der Waals surface area contributed by atoms with Gasteiger partial charge in [0, 0.05) is 25.7 Å². The summed E-state index contributed by atoms with van der Waals surface area (Å²) in [6.45, 7) is 3.17. The molecule has 98 valence electrons. The molecule has 18 heavy (non-hydrogen) atoms. The lowest BCUT2D eigenvalue weighted by Gasteiger charge is -2.17. The fourth-order valence-electron chi connectivity index (χ4n) is 2.23. The molecule has 2 rings (SSSR count). The standard InChI is InChI=1S/C15H22N2O/c1-11-9-13(11)10-17(2)15(18)8-5-12-3-6-14(16)7-4-12/h3-4,6-7,11,13H,5,8-10,16H2,1-2H3. The van der Waals surface area contributed by atoms with E-state index in [9.17, 15) is 4.79 Å². The summed E-state index contributed by atoms with van der Waals surface area (Å²) in [4.78, 5) is 13.8. The molecule has 2 N–H and O–H groups in total. The second kappa shape index (κ2) is 5.42. The molecule has 0 aromatic heterocycles. The molecular weight excluding hydrogens is 224 g/mol. The fraction of sp³-hybridized carbons (Fsp3) is 0.533. The molecule has 1 amide bonds. The summed E-state index contributed by atoms with van der Waals surface area (Å²) in [5.41, 5.74) is 7.57. The normalized spacial score (nSPS) is 21.7. The number of nitrogen functional groups attached to an aromatic ring is 1. The van der Waals surface area contributed by atoms with E-state index in [1.54, 1.807) is 0 Å². The molecule has 2 atom stereocenters. The SMILES string of the molecule is CC1CC1CN(C)C(=O)CCc1ccc(N)cc1. The number of carbonyl (C=O) groups excluding carboxylic acids is 1. The third kappa shape index (κ3) is 3.49. The molecular formula is C15H22N2O. The molecule has 0 saturated heterocycles. The Bertz CT molecular complexity index is 413. The van der Waals surface area contributed by atoms with Crippen molar-refractivity contribution in [3.8, 4) is 0 Å². The number of anilines is 1. The molecule has 1 fully saturated rings. The van der Waals surface area contributed by atoms with Crippen molar-refractivity contribution >= 4 is 11.6 Å². The van der Waals surface area contributed by atoms with E-state index < -0.39 is 0 Å². The van der Waals surface area contributed by atoms with Crippen LogP contribution in [0.15, 0.2) is 24.3 Å². The number of aryl methyl sites for hydroxylation is 1. The summed E-state index contributed by atoms with van der Waals surface area (Å²) in [5.74, 6) is 1.78. The Morgan fingerprint density at radius 1 is 1.39 bits per heavy atom. The van der Waals surface area contributed by atoms with E-state index in [2.05, 4.69) is 6.92 Å². The second-order valence-corrected chi connectivity index (χ2v) is 5.49. The molecule has 3 heteroatoms. The van der Waals surface area contributed by atoms with Crippen LogP contribution in [0.2, 0.25) is 0 Å². The first-order chi connectivity index (χ1) is 8.56.